The van der Waals surface area contributed by atoms with E-state index >= 15 is 0 Å². The first-order chi connectivity index (χ1) is 12.3. The Morgan fingerprint density at radius 2 is 1.32 bits per heavy atom. The van der Waals surface area contributed by atoms with Crippen LogP contribution in [0.4, 0.5) is 0 Å². The summed E-state index contributed by atoms with van der Waals surface area (Å²) in [5.74, 6) is -0.477. The van der Waals surface area contributed by atoms with Gasteiger partial charge in [-0.1, -0.05) is 85.8 Å². The van der Waals surface area contributed by atoms with Crippen LogP contribution in [0.1, 0.15) is 40.1 Å². The Bertz CT molecular complexity index is 773. The van der Waals surface area contributed by atoms with E-state index in [0.717, 1.165) is 23.1 Å². The molecule has 3 aromatic carbocycles. The van der Waals surface area contributed by atoms with E-state index in [1.165, 1.54) is 0 Å². The normalized spacial score (nSPS) is 10.6. The summed E-state index contributed by atoms with van der Waals surface area (Å²) in [5.41, 5.74) is 3.31. The first-order valence-corrected chi connectivity index (χ1v) is 8.35. The Morgan fingerprint density at radius 3 is 1.88 bits per heavy atom. The van der Waals surface area contributed by atoms with E-state index in [4.69, 9.17) is 9.78 Å². The van der Waals surface area contributed by atoms with E-state index < -0.39 is 12.1 Å². The smallest absolute Gasteiger partial charge is 0.292 e. The fraction of sp³-hybridized carbons (Fsp3) is 0.136. The number of carbonyl (C=O) groups is 1. The minimum atomic E-state index is -0.477. The highest BCUT2D eigenvalue weighted by molar-refractivity contribution is 5.90. The minimum absolute atomic E-state index is 0.472. The predicted molar refractivity (Wildman–Crippen MR) is 97.0 cm³/mol. The Kier molecular flexibility index (Phi) is 5.60. The zero-order valence-electron chi connectivity index (χ0n) is 14.1. The summed E-state index contributed by atoms with van der Waals surface area (Å²) in [6, 6.07) is 26.8. The summed E-state index contributed by atoms with van der Waals surface area (Å²) in [6.07, 6.45) is 0.284. The van der Waals surface area contributed by atoms with Gasteiger partial charge in [0.1, 0.15) is 0 Å². The van der Waals surface area contributed by atoms with Crippen LogP contribution in [-0.4, -0.2) is 5.97 Å². The van der Waals surface area contributed by atoms with Gasteiger partial charge >= 0.3 is 5.97 Å². The number of aryl methyl sites for hydroxylation is 1. The average molecular weight is 332 g/mol. The monoisotopic (exact) mass is 332 g/mol. The van der Waals surface area contributed by atoms with Crippen LogP contribution in [0.15, 0.2) is 84.9 Å². The maximum Gasteiger partial charge on any atom is 0.373 e. The topological polar surface area (TPSA) is 35.5 Å². The van der Waals surface area contributed by atoms with Crippen molar-refractivity contribution in [3.8, 4) is 0 Å². The summed E-state index contributed by atoms with van der Waals surface area (Å²) in [5, 5.41) is 0. The molecule has 0 aliphatic heterocycles. The molecule has 0 spiro atoms. The van der Waals surface area contributed by atoms with Crippen LogP contribution in [-0.2, 0) is 16.2 Å². The zero-order chi connectivity index (χ0) is 17.5. The third-order valence-electron chi connectivity index (χ3n) is 4.04. The lowest BCUT2D eigenvalue weighted by Gasteiger charge is -2.17. The maximum absolute atomic E-state index is 12.4. The van der Waals surface area contributed by atoms with E-state index in [2.05, 4.69) is 0 Å². The molecule has 0 radical (unpaired) electrons. The van der Waals surface area contributed by atoms with Crippen LogP contribution < -0.4 is 0 Å². The van der Waals surface area contributed by atoms with Crippen molar-refractivity contribution < 1.29 is 14.6 Å². The number of rotatable bonds is 6. The summed E-state index contributed by atoms with van der Waals surface area (Å²) in [4.78, 5) is 23.2. The molecule has 0 bridgehead atoms. The molecular formula is C22H20O3. The fourth-order valence-electron chi connectivity index (χ4n) is 2.72. The van der Waals surface area contributed by atoms with Gasteiger partial charge in [0.2, 0.25) is 0 Å². The molecule has 3 rings (SSSR count). The Hall–Kier alpha value is -2.91. The molecular weight excluding hydrogens is 312 g/mol. The van der Waals surface area contributed by atoms with Crippen molar-refractivity contribution in [3.05, 3.63) is 107 Å². The van der Waals surface area contributed by atoms with Crippen molar-refractivity contribution in [2.75, 3.05) is 0 Å². The Labute approximate surface area is 147 Å². The summed E-state index contributed by atoms with van der Waals surface area (Å²) in [6.45, 7) is 2.00. The van der Waals surface area contributed by atoms with Gasteiger partial charge in [-0.3, -0.25) is 4.89 Å². The summed E-state index contributed by atoms with van der Waals surface area (Å²) < 4.78 is 0. The molecule has 3 nitrogen and oxygen atoms in total. The van der Waals surface area contributed by atoms with Gasteiger partial charge in [0.25, 0.3) is 0 Å². The number of hydrogen-bond donors (Lipinski definition) is 0. The third kappa shape index (κ3) is 4.14. The number of hydrogen-bond acceptors (Lipinski definition) is 3. The lowest BCUT2D eigenvalue weighted by molar-refractivity contribution is -0.267. The molecule has 126 valence electrons. The zero-order valence-corrected chi connectivity index (χ0v) is 14.1. The summed E-state index contributed by atoms with van der Waals surface area (Å²) in [7, 11) is 0. The molecule has 25 heavy (non-hydrogen) atoms. The van der Waals surface area contributed by atoms with Gasteiger partial charge in [-0.25, -0.2) is 4.79 Å². The SMILES string of the molecule is CCc1ccccc1C(=O)OOC(c1ccccc1)c1ccccc1. The number of carbonyl (C=O) groups excluding carboxylic acids is 1. The quantitative estimate of drug-likeness (QED) is 0.464. The van der Waals surface area contributed by atoms with Crippen molar-refractivity contribution in [2.45, 2.75) is 19.4 Å². The largest absolute Gasteiger partial charge is 0.373 e. The summed E-state index contributed by atoms with van der Waals surface area (Å²) >= 11 is 0. The van der Waals surface area contributed by atoms with E-state index in [1.807, 2.05) is 85.8 Å². The van der Waals surface area contributed by atoms with Gasteiger partial charge in [-0.2, -0.15) is 4.89 Å². The van der Waals surface area contributed by atoms with Gasteiger partial charge in [-0.05, 0) is 29.2 Å². The molecule has 0 heterocycles. The average Bonchev–Trinajstić information content (AvgIpc) is 2.69. The second kappa shape index (κ2) is 8.27. The molecule has 0 saturated heterocycles. The van der Waals surface area contributed by atoms with Gasteiger partial charge < -0.3 is 0 Å². The van der Waals surface area contributed by atoms with Crippen LogP contribution in [0.5, 0.6) is 0 Å². The highest BCUT2D eigenvalue weighted by atomic mass is 17.2. The molecule has 0 N–H and O–H groups in total. The van der Waals surface area contributed by atoms with Crippen LogP contribution in [0.3, 0.4) is 0 Å². The molecule has 3 aromatic rings. The Morgan fingerprint density at radius 1 is 0.800 bits per heavy atom. The Balaban J connectivity index is 1.81. The molecule has 0 aromatic heterocycles. The van der Waals surface area contributed by atoms with Crippen molar-refractivity contribution in [2.24, 2.45) is 0 Å². The van der Waals surface area contributed by atoms with Gasteiger partial charge in [0.05, 0.1) is 5.56 Å². The van der Waals surface area contributed by atoms with Crippen LogP contribution in [0, 0.1) is 0 Å². The molecule has 0 amide bonds. The van der Waals surface area contributed by atoms with Crippen LogP contribution in [0.2, 0.25) is 0 Å². The molecule has 0 unspecified atom stereocenters. The van der Waals surface area contributed by atoms with Crippen molar-refractivity contribution in [1.29, 1.82) is 0 Å². The van der Waals surface area contributed by atoms with Crippen molar-refractivity contribution in [3.63, 3.8) is 0 Å². The van der Waals surface area contributed by atoms with Gasteiger partial charge in [-0.15, -0.1) is 0 Å². The highest BCUT2D eigenvalue weighted by Crippen LogP contribution is 2.26. The van der Waals surface area contributed by atoms with E-state index in [9.17, 15) is 4.79 Å². The standard InChI is InChI=1S/C22H20O3/c1-2-17-11-9-10-16-20(17)22(23)25-24-21(18-12-5-3-6-13-18)19-14-7-4-8-15-19/h3-16,21H,2H2,1H3. The minimum Gasteiger partial charge on any atom is -0.292 e. The van der Waals surface area contributed by atoms with E-state index in [0.29, 0.717) is 5.56 Å². The molecule has 0 aliphatic rings. The molecule has 0 fully saturated rings. The van der Waals surface area contributed by atoms with Crippen molar-refractivity contribution in [1.82, 2.24) is 0 Å². The van der Waals surface area contributed by atoms with Gasteiger partial charge in [0.15, 0.2) is 6.10 Å². The molecule has 0 saturated carbocycles. The molecule has 3 heteroatoms. The van der Waals surface area contributed by atoms with E-state index in [1.54, 1.807) is 6.07 Å². The fourth-order valence-corrected chi connectivity index (χ4v) is 2.72. The van der Waals surface area contributed by atoms with Crippen LogP contribution in [0.25, 0.3) is 0 Å². The predicted octanol–water partition coefficient (Wildman–Crippen LogP) is 5.13. The maximum atomic E-state index is 12.4. The lowest BCUT2D eigenvalue weighted by atomic mass is 10.0. The number of benzene rings is 3. The molecule has 0 aliphatic carbocycles. The third-order valence-corrected chi connectivity index (χ3v) is 4.04. The van der Waals surface area contributed by atoms with Gasteiger partial charge in [0, 0.05) is 0 Å². The second-order valence-electron chi connectivity index (χ2n) is 5.68. The van der Waals surface area contributed by atoms with Crippen molar-refractivity contribution >= 4 is 5.97 Å². The first kappa shape index (κ1) is 16.9. The first-order valence-electron chi connectivity index (χ1n) is 8.35. The highest BCUT2D eigenvalue weighted by Gasteiger charge is 2.19. The molecule has 0 atom stereocenters. The second-order valence-corrected chi connectivity index (χ2v) is 5.68. The van der Waals surface area contributed by atoms with E-state index in [-0.39, 0.29) is 0 Å². The van der Waals surface area contributed by atoms with Crippen LogP contribution >= 0.6 is 0 Å². The lowest BCUT2D eigenvalue weighted by Crippen LogP contribution is -2.13.